The molecule has 1 N–H and O–H groups in total. The summed E-state index contributed by atoms with van der Waals surface area (Å²) < 4.78 is 40.3. The molecule has 0 aliphatic carbocycles. The third-order valence-corrected chi connectivity index (χ3v) is 5.63. The van der Waals surface area contributed by atoms with Gasteiger partial charge in [0, 0.05) is 13.1 Å². The van der Waals surface area contributed by atoms with Crippen LogP contribution in [0.3, 0.4) is 0 Å². The van der Waals surface area contributed by atoms with Gasteiger partial charge in [0.25, 0.3) is 0 Å². The number of rotatable bonds is 4. The SMILES string of the molecule is CNCC1CCN(S(=O)(=O)c2cc(C)c(F)c(C)c2)C1.Cl. The first-order chi connectivity index (χ1) is 9.36. The van der Waals surface area contributed by atoms with E-state index < -0.39 is 10.0 Å². The maximum absolute atomic E-state index is 13.6. The third kappa shape index (κ3) is 3.74. The van der Waals surface area contributed by atoms with E-state index >= 15 is 0 Å². The summed E-state index contributed by atoms with van der Waals surface area (Å²) in [6.45, 7) is 5.06. The Morgan fingerprint density at radius 1 is 1.33 bits per heavy atom. The van der Waals surface area contributed by atoms with Crippen LogP contribution in [0.5, 0.6) is 0 Å². The summed E-state index contributed by atoms with van der Waals surface area (Å²) in [5, 5.41) is 3.08. The van der Waals surface area contributed by atoms with E-state index in [0.29, 0.717) is 30.1 Å². The summed E-state index contributed by atoms with van der Waals surface area (Å²) in [5.41, 5.74) is 0.740. The smallest absolute Gasteiger partial charge is 0.243 e. The molecule has 2 rings (SSSR count). The minimum atomic E-state index is -3.51. The maximum Gasteiger partial charge on any atom is 0.243 e. The Bertz CT molecular complexity index is 584. The average molecular weight is 337 g/mol. The Morgan fingerprint density at radius 2 is 1.90 bits per heavy atom. The highest BCUT2D eigenvalue weighted by Crippen LogP contribution is 2.26. The fourth-order valence-electron chi connectivity index (χ4n) is 2.67. The van der Waals surface area contributed by atoms with Crippen molar-refractivity contribution in [3.05, 3.63) is 29.1 Å². The second-order valence-corrected chi connectivity index (χ2v) is 7.38. The largest absolute Gasteiger partial charge is 0.319 e. The van der Waals surface area contributed by atoms with Crippen molar-refractivity contribution in [3.63, 3.8) is 0 Å². The standard InChI is InChI=1S/C14H21FN2O2S.ClH/c1-10-6-13(7-11(2)14(10)15)20(18,19)17-5-4-12(9-17)8-16-3;/h6-7,12,16H,4-5,8-9H2,1-3H3;1H. The first-order valence-corrected chi connectivity index (χ1v) is 8.21. The fourth-order valence-corrected chi connectivity index (χ4v) is 4.38. The topological polar surface area (TPSA) is 49.4 Å². The quantitative estimate of drug-likeness (QED) is 0.916. The van der Waals surface area contributed by atoms with Gasteiger partial charge in [0.05, 0.1) is 4.90 Å². The molecule has 0 saturated carbocycles. The van der Waals surface area contributed by atoms with Gasteiger partial charge >= 0.3 is 0 Å². The second kappa shape index (κ2) is 7.05. The lowest BCUT2D eigenvalue weighted by atomic mass is 10.1. The molecule has 0 spiro atoms. The van der Waals surface area contributed by atoms with Crippen molar-refractivity contribution in [2.75, 3.05) is 26.7 Å². The third-order valence-electron chi connectivity index (χ3n) is 3.79. The highest BCUT2D eigenvalue weighted by molar-refractivity contribution is 7.89. The zero-order valence-corrected chi connectivity index (χ0v) is 14.2. The van der Waals surface area contributed by atoms with Gasteiger partial charge in [-0.15, -0.1) is 12.4 Å². The van der Waals surface area contributed by atoms with E-state index in [9.17, 15) is 12.8 Å². The Hall–Kier alpha value is -0.690. The van der Waals surface area contributed by atoms with Crippen LogP contribution in [0, 0.1) is 25.6 Å². The number of benzene rings is 1. The molecule has 1 fully saturated rings. The van der Waals surface area contributed by atoms with Crippen LogP contribution in [0.1, 0.15) is 17.5 Å². The zero-order valence-electron chi connectivity index (χ0n) is 12.5. The van der Waals surface area contributed by atoms with E-state index in [4.69, 9.17) is 0 Å². The van der Waals surface area contributed by atoms with Crippen LogP contribution in [-0.4, -0.2) is 39.4 Å². The number of nitrogens with zero attached hydrogens (tertiary/aromatic N) is 1. The van der Waals surface area contributed by atoms with Crippen LogP contribution in [-0.2, 0) is 10.0 Å². The minimum Gasteiger partial charge on any atom is -0.319 e. The van der Waals surface area contributed by atoms with Crippen LogP contribution < -0.4 is 5.32 Å². The molecule has 0 radical (unpaired) electrons. The monoisotopic (exact) mass is 336 g/mol. The lowest BCUT2D eigenvalue weighted by Crippen LogP contribution is -2.30. The molecule has 21 heavy (non-hydrogen) atoms. The molecule has 0 aromatic heterocycles. The Morgan fingerprint density at radius 3 is 2.43 bits per heavy atom. The lowest BCUT2D eigenvalue weighted by molar-refractivity contribution is 0.451. The first-order valence-electron chi connectivity index (χ1n) is 6.77. The van der Waals surface area contributed by atoms with Crippen LogP contribution >= 0.6 is 12.4 Å². The molecule has 0 bridgehead atoms. The van der Waals surface area contributed by atoms with Gasteiger partial charge in [-0.1, -0.05) is 0 Å². The Kier molecular flexibility index (Phi) is 6.16. The van der Waals surface area contributed by atoms with Crippen molar-refractivity contribution >= 4 is 22.4 Å². The van der Waals surface area contributed by atoms with Crippen LogP contribution in [0.25, 0.3) is 0 Å². The molecule has 1 saturated heterocycles. The van der Waals surface area contributed by atoms with Gasteiger partial charge in [-0.25, -0.2) is 12.8 Å². The molecular weight excluding hydrogens is 315 g/mol. The van der Waals surface area contributed by atoms with Gasteiger partial charge in [-0.3, -0.25) is 0 Å². The van der Waals surface area contributed by atoms with E-state index in [1.165, 1.54) is 16.4 Å². The number of hydrogen-bond donors (Lipinski definition) is 1. The van der Waals surface area contributed by atoms with Gasteiger partial charge in [0.1, 0.15) is 5.82 Å². The summed E-state index contributed by atoms with van der Waals surface area (Å²) >= 11 is 0. The van der Waals surface area contributed by atoms with E-state index in [2.05, 4.69) is 5.32 Å². The van der Waals surface area contributed by atoms with E-state index in [-0.39, 0.29) is 23.1 Å². The fraction of sp³-hybridized carbons (Fsp3) is 0.571. The number of nitrogens with one attached hydrogen (secondary N) is 1. The lowest BCUT2D eigenvalue weighted by Gasteiger charge is -2.17. The molecule has 7 heteroatoms. The molecule has 1 aromatic rings. The molecule has 1 aliphatic heterocycles. The summed E-state index contributed by atoms with van der Waals surface area (Å²) in [4.78, 5) is 0.194. The van der Waals surface area contributed by atoms with Crippen LogP contribution in [0.2, 0.25) is 0 Å². The minimum absolute atomic E-state index is 0. The number of aryl methyl sites for hydroxylation is 2. The molecule has 1 atom stereocenters. The van der Waals surface area contributed by atoms with Gasteiger partial charge in [-0.05, 0) is 63.0 Å². The first kappa shape index (κ1) is 18.4. The molecule has 1 unspecified atom stereocenters. The highest BCUT2D eigenvalue weighted by Gasteiger charge is 2.32. The summed E-state index contributed by atoms with van der Waals surface area (Å²) in [6.07, 6.45) is 0.860. The molecule has 0 amide bonds. The van der Waals surface area contributed by atoms with Crippen molar-refractivity contribution in [1.82, 2.24) is 9.62 Å². The van der Waals surface area contributed by atoms with Gasteiger partial charge in [0.2, 0.25) is 10.0 Å². The van der Waals surface area contributed by atoms with Crippen LogP contribution in [0.4, 0.5) is 4.39 Å². The van der Waals surface area contributed by atoms with E-state index in [0.717, 1.165) is 13.0 Å². The van der Waals surface area contributed by atoms with E-state index in [1.54, 1.807) is 13.8 Å². The van der Waals surface area contributed by atoms with Crippen molar-refractivity contribution in [2.24, 2.45) is 5.92 Å². The van der Waals surface area contributed by atoms with Crippen molar-refractivity contribution < 1.29 is 12.8 Å². The molecule has 1 heterocycles. The number of hydrogen-bond acceptors (Lipinski definition) is 3. The number of sulfonamides is 1. The Labute approximate surface area is 132 Å². The normalized spacial score (nSPS) is 19.5. The van der Waals surface area contributed by atoms with Gasteiger partial charge in [0.15, 0.2) is 0 Å². The van der Waals surface area contributed by atoms with Crippen molar-refractivity contribution in [2.45, 2.75) is 25.2 Å². The molecule has 1 aromatic carbocycles. The van der Waals surface area contributed by atoms with Gasteiger partial charge < -0.3 is 5.32 Å². The summed E-state index contributed by atoms with van der Waals surface area (Å²) in [5.74, 6) is 0.0100. The summed E-state index contributed by atoms with van der Waals surface area (Å²) in [7, 11) is -1.65. The molecule has 1 aliphatic rings. The van der Waals surface area contributed by atoms with Crippen molar-refractivity contribution in [1.29, 1.82) is 0 Å². The molecule has 4 nitrogen and oxygen atoms in total. The van der Waals surface area contributed by atoms with Crippen LogP contribution in [0.15, 0.2) is 17.0 Å². The highest BCUT2D eigenvalue weighted by atomic mass is 35.5. The summed E-state index contributed by atoms with van der Waals surface area (Å²) in [6, 6.07) is 2.84. The predicted octanol–water partition coefficient (Wildman–Crippen LogP) is 2.09. The maximum atomic E-state index is 13.6. The Balaban J connectivity index is 0.00000220. The molecule has 120 valence electrons. The average Bonchev–Trinajstić information content (AvgIpc) is 2.85. The number of halogens is 2. The molecular formula is C14H22ClFN2O2S. The second-order valence-electron chi connectivity index (χ2n) is 5.45. The van der Waals surface area contributed by atoms with Crippen molar-refractivity contribution in [3.8, 4) is 0 Å². The predicted molar refractivity (Wildman–Crippen MR) is 83.9 cm³/mol. The zero-order chi connectivity index (χ0) is 14.9. The van der Waals surface area contributed by atoms with E-state index in [1.807, 2.05) is 7.05 Å². The van der Waals surface area contributed by atoms with Gasteiger partial charge in [-0.2, -0.15) is 4.31 Å².